The average molecular weight is 444 g/mol. The van der Waals surface area contributed by atoms with Crippen molar-refractivity contribution in [2.75, 3.05) is 0 Å². The maximum absolute atomic E-state index is 6.55. The van der Waals surface area contributed by atoms with Gasteiger partial charge in [-0.3, -0.25) is 0 Å². The number of hydrogen-bond donors (Lipinski definition) is 0. The summed E-state index contributed by atoms with van der Waals surface area (Å²) in [6.45, 7) is 8.45. The number of hydrogen-bond acceptors (Lipinski definition) is 2. The molecule has 0 N–H and O–H groups in total. The molecule has 168 valence electrons. The first-order valence-corrected chi connectivity index (χ1v) is 12.1. The van der Waals surface area contributed by atoms with Gasteiger partial charge in [-0.25, -0.2) is 0 Å². The Kier molecular flexibility index (Phi) is 4.68. The van der Waals surface area contributed by atoms with Crippen LogP contribution in [-0.2, 0) is 14.7 Å². The van der Waals surface area contributed by atoms with Crippen molar-refractivity contribution < 1.29 is 9.31 Å². The fraction of sp³-hybridized carbons (Fsp3) is 0.226. The summed E-state index contributed by atoms with van der Waals surface area (Å²) >= 11 is 0. The Labute approximate surface area is 202 Å². The molecular formula is C31H29BO2. The molecule has 1 aliphatic carbocycles. The molecule has 2 aliphatic rings. The van der Waals surface area contributed by atoms with Gasteiger partial charge in [0.25, 0.3) is 0 Å². The lowest BCUT2D eigenvalue weighted by Gasteiger charge is -2.34. The van der Waals surface area contributed by atoms with Gasteiger partial charge in [0.2, 0.25) is 0 Å². The summed E-state index contributed by atoms with van der Waals surface area (Å²) in [5.41, 5.74) is 7.47. The van der Waals surface area contributed by atoms with E-state index < -0.39 is 23.7 Å². The predicted octanol–water partition coefficient (Wildman–Crippen LogP) is 6.35. The highest BCUT2D eigenvalue weighted by Gasteiger charge is 2.54. The molecule has 0 radical (unpaired) electrons. The first-order chi connectivity index (χ1) is 16.4. The van der Waals surface area contributed by atoms with Crippen molar-refractivity contribution in [1.82, 2.24) is 0 Å². The zero-order valence-corrected chi connectivity index (χ0v) is 20.2. The van der Waals surface area contributed by atoms with Gasteiger partial charge in [0.15, 0.2) is 0 Å². The van der Waals surface area contributed by atoms with E-state index in [9.17, 15) is 0 Å². The summed E-state index contributed by atoms with van der Waals surface area (Å²) in [5.74, 6) is 0. The normalized spacial score (nSPS) is 19.0. The second kappa shape index (κ2) is 7.43. The van der Waals surface area contributed by atoms with Crippen LogP contribution in [0, 0.1) is 0 Å². The monoisotopic (exact) mass is 444 g/mol. The largest absolute Gasteiger partial charge is 0.495 e. The molecule has 2 nitrogen and oxygen atoms in total. The maximum atomic E-state index is 6.55. The molecule has 1 fully saturated rings. The van der Waals surface area contributed by atoms with E-state index in [0.717, 1.165) is 5.46 Å². The molecule has 0 saturated carbocycles. The molecule has 0 unspecified atom stereocenters. The minimum atomic E-state index is -0.421. The quantitative estimate of drug-likeness (QED) is 0.302. The van der Waals surface area contributed by atoms with E-state index in [2.05, 4.69) is 131 Å². The Bertz CT molecular complexity index is 1300. The maximum Gasteiger partial charge on any atom is 0.495 e. The van der Waals surface area contributed by atoms with Crippen molar-refractivity contribution in [1.29, 1.82) is 0 Å². The minimum absolute atomic E-state index is 0.394. The van der Waals surface area contributed by atoms with Gasteiger partial charge in [-0.05, 0) is 66.5 Å². The molecule has 0 bridgehead atoms. The molecule has 1 aliphatic heterocycles. The molecule has 1 saturated heterocycles. The molecule has 3 heteroatoms. The van der Waals surface area contributed by atoms with Gasteiger partial charge in [-0.2, -0.15) is 0 Å². The van der Waals surface area contributed by atoms with Crippen molar-refractivity contribution in [2.45, 2.75) is 44.3 Å². The summed E-state index contributed by atoms with van der Waals surface area (Å²) < 4.78 is 13.1. The SMILES string of the molecule is CC1(C)OB(c2cccc3c2-c2ccccc2C3(c2ccccc2)c2ccccc2)OC1(C)C. The van der Waals surface area contributed by atoms with Crippen LogP contribution < -0.4 is 5.46 Å². The summed E-state index contributed by atoms with van der Waals surface area (Å²) in [5, 5.41) is 0. The predicted molar refractivity (Wildman–Crippen MR) is 139 cm³/mol. The van der Waals surface area contributed by atoms with Crippen LogP contribution in [0.15, 0.2) is 103 Å². The van der Waals surface area contributed by atoms with Gasteiger partial charge in [0.05, 0.1) is 16.6 Å². The van der Waals surface area contributed by atoms with Crippen LogP contribution >= 0.6 is 0 Å². The fourth-order valence-electron chi connectivity index (χ4n) is 5.69. The van der Waals surface area contributed by atoms with Crippen LogP contribution in [0.1, 0.15) is 49.9 Å². The molecule has 34 heavy (non-hydrogen) atoms. The van der Waals surface area contributed by atoms with Crippen molar-refractivity contribution in [3.63, 3.8) is 0 Å². The van der Waals surface area contributed by atoms with Gasteiger partial charge in [-0.1, -0.05) is 103 Å². The Morgan fingerprint density at radius 1 is 0.529 bits per heavy atom. The molecule has 1 heterocycles. The highest BCUT2D eigenvalue weighted by Crippen LogP contribution is 2.55. The first-order valence-electron chi connectivity index (χ1n) is 12.1. The van der Waals surface area contributed by atoms with Crippen LogP contribution in [0.4, 0.5) is 0 Å². The van der Waals surface area contributed by atoms with Crippen molar-refractivity contribution in [3.8, 4) is 11.1 Å². The Morgan fingerprint density at radius 3 is 1.62 bits per heavy atom. The van der Waals surface area contributed by atoms with E-state index >= 15 is 0 Å². The third-order valence-corrected chi connectivity index (χ3v) is 8.02. The number of benzene rings is 4. The van der Waals surface area contributed by atoms with Crippen LogP contribution in [0.3, 0.4) is 0 Å². The molecule has 4 aromatic rings. The number of rotatable bonds is 3. The van der Waals surface area contributed by atoms with E-state index in [4.69, 9.17) is 9.31 Å². The van der Waals surface area contributed by atoms with Crippen LogP contribution in [0.5, 0.6) is 0 Å². The Hall–Kier alpha value is -3.14. The number of fused-ring (bicyclic) bond motifs is 3. The average Bonchev–Trinajstić information content (AvgIpc) is 3.27. The topological polar surface area (TPSA) is 18.5 Å². The highest BCUT2D eigenvalue weighted by molar-refractivity contribution is 6.64. The summed E-state index contributed by atoms with van der Waals surface area (Å²) in [6.07, 6.45) is 0. The standard InChI is InChI=1S/C31H29BO2/c1-29(2)30(3,4)34-32(33-29)27-21-13-20-26-28(27)24-18-11-12-19-25(24)31(26,22-14-7-5-8-15-22)23-16-9-6-10-17-23/h5-21H,1-4H3. The van der Waals surface area contributed by atoms with E-state index in [1.165, 1.54) is 33.4 Å². The summed E-state index contributed by atoms with van der Waals surface area (Å²) in [4.78, 5) is 0. The zero-order valence-electron chi connectivity index (χ0n) is 20.2. The summed E-state index contributed by atoms with van der Waals surface area (Å²) in [6, 6.07) is 37.2. The lowest BCUT2D eigenvalue weighted by Crippen LogP contribution is -2.41. The fourth-order valence-corrected chi connectivity index (χ4v) is 5.69. The van der Waals surface area contributed by atoms with E-state index in [0.29, 0.717) is 0 Å². The van der Waals surface area contributed by atoms with Crippen LogP contribution in [0.2, 0.25) is 0 Å². The Morgan fingerprint density at radius 2 is 1.03 bits per heavy atom. The van der Waals surface area contributed by atoms with Gasteiger partial charge in [0.1, 0.15) is 0 Å². The minimum Gasteiger partial charge on any atom is -0.399 e. The van der Waals surface area contributed by atoms with E-state index in [-0.39, 0.29) is 0 Å². The Balaban J connectivity index is 1.68. The molecule has 0 spiro atoms. The van der Waals surface area contributed by atoms with E-state index in [1.54, 1.807) is 0 Å². The third-order valence-electron chi connectivity index (χ3n) is 8.02. The van der Waals surface area contributed by atoms with Gasteiger partial charge in [-0.15, -0.1) is 0 Å². The van der Waals surface area contributed by atoms with Crippen molar-refractivity contribution in [2.24, 2.45) is 0 Å². The molecule has 0 amide bonds. The van der Waals surface area contributed by atoms with Crippen LogP contribution in [-0.4, -0.2) is 18.3 Å². The van der Waals surface area contributed by atoms with Crippen molar-refractivity contribution >= 4 is 12.6 Å². The second-order valence-corrected chi connectivity index (χ2v) is 10.4. The molecule has 6 rings (SSSR count). The van der Waals surface area contributed by atoms with Crippen molar-refractivity contribution in [3.05, 3.63) is 125 Å². The van der Waals surface area contributed by atoms with Gasteiger partial charge >= 0.3 is 7.12 Å². The first kappa shape index (κ1) is 21.4. The third kappa shape index (κ3) is 2.84. The van der Waals surface area contributed by atoms with Gasteiger partial charge in [0, 0.05) is 0 Å². The van der Waals surface area contributed by atoms with Gasteiger partial charge < -0.3 is 9.31 Å². The molecule has 0 aromatic heterocycles. The van der Waals surface area contributed by atoms with E-state index in [1.807, 2.05) is 0 Å². The smallest absolute Gasteiger partial charge is 0.399 e. The zero-order chi connectivity index (χ0) is 23.6. The lowest BCUT2D eigenvalue weighted by atomic mass is 9.66. The molecule has 0 atom stereocenters. The highest BCUT2D eigenvalue weighted by atomic mass is 16.7. The second-order valence-electron chi connectivity index (χ2n) is 10.4. The molecular weight excluding hydrogens is 415 g/mol. The lowest BCUT2D eigenvalue weighted by molar-refractivity contribution is 0.00578. The summed E-state index contributed by atoms with van der Waals surface area (Å²) in [7, 11) is -0.421. The molecule has 4 aromatic carbocycles. The van der Waals surface area contributed by atoms with Crippen LogP contribution in [0.25, 0.3) is 11.1 Å².